The molecule has 1 atom stereocenters. The molecule has 0 aromatic rings. The van der Waals surface area contributed by atoms with Crippen molar-refractivity contribution in [3.8, 4) is 0 Å². The number of hydrogen-bond donors (Lipinski definition) is 3. The van der Waals surface area contributed by atoms with Crippen molar-refractivity contribution in [2.45, 2.75) is 13.3 Å². The zero-order valence-corrected chi connectivity index (χ0v) is 6.44. The van der Waals surface area contributed by atoms with E-state index in [1.54, 1.807) is 13.0 Å². The van der Waals surface area contributed by atoms with E-state index in [4.69, 9.17) is 5.11 Å². The van der Waals surface area contributed by atoms with E-state index in [1.165, 1.54) is 6.20 Å². The molecule has 4 amide bonds. The summed E-state index contributed by atoms with van der Waals surface area (Å²) in [5.74, 6) is 0. The third-order valence-electron chi connectivity index (χ3n) is 1.29. The van der Waals surface area contributed by atoms with E-state index in [1.807, 2.05) is 5.32 Å². The first-order chi connectivity index (χ1) is 5.65. The SMILES string of the molecule is C/C=C\N1C(=O)NC(=O)NC1O. The molecule has 0 saturated carbocycles. The Labute approximate surface area is 68.8 Å². The standard InChI is InChI=1S/C6H9N3O3/c1-2-3-9-5(11)7-4(10)8-6(9)12/h2-3,5,11H,1H3,(H2,7,8,10,12)/b3-2-. The minimum atomic E-state index is -1.29. The van der Waals surface area contributed by atoms with Crippen molar-refractivity contribution in [3.63, 3.8) is 0 Å². The zero-order chi connectivity index (χ0) is 9.14. The van der Waals surface area contributed by atoms with Gasteiger partial charge in [-0.1, -0.05) is 6.08 Å². The summed E-state index contributed by atoms with van der Waals surface area (Å²) >= 11 is 0. The highest BCUT2D eigenvalue weighted by Crippen LogP contribution is 2.00. The van der Waals surface area contributed by atoms with E-state index < -0.39 is 18.4 Å². The summed E-state index contributed by atoms with van der Waals surface area (Å²) in [5, 5.41) is 13.2. The molecule has 0 bridgehead atoms. The number of allylic oxidation sites excluding steroid dienone is 1. The van der Waals surface area contributed by atoms with Crippen LogP contribution >= 0.6 is 0 Å². The molecular formula is C6H9N3O3. The lowest BCUT2D eigenvalue weighted by atomic mass is 10.5. The molecule has 1 unspecified atom stereocenters. The Morgan fingerprint density at radius 1 is 1.58 bits per heavy atom. The molecule has 6 heteroatoms. The second-order valence-electron chi connectivity index (χ2n) is 2.17. The molecular weight excluding hydrogens is 162 g/mol. The van der Waals surface area contributed by atoms with E-state index in [9.17, 15) is 9.59 Å². The molecule has 0 aromatic heterocycles. The lowest BCUT2D eigenvalue weighted by molar-refractivity contribution is 0.0307. The number of aliphatic hydroxyl groups is 1. The van der Waals surface area contributed by atoms with Crippen LogP contribution in [0.4, 0.5) is 9.59 Å². The number of imide groups is 1. The Kier molecular flexibility index (Phi) is 2.29. The molecule has 6 nitrogen and oxygen atoms in total. The molecule has 1 fully saturated rings. The van der Waals surface area contributed by atoms with Gasteiger partial charge in [0.2, 0.25) is 6.35 Å². The molecule has 1 aliphatic rings. The van der Waals surface area contributed by atoms with Gasteiger partial charge in [0.05, 0.1) is 0 Å². The number of hydrogen-bond acceptors (Lipinski definition) is 3. The van der Waals surface area contributed by atoms with Gasteiger partial charge in [0.1, 0.15) is 0 Å². The molecule has 0 spiro atoms. The van der Waals surface area contributed by atoms with Crippen LogP contribution in [0.25, 0.3) is 0 Å². The fraction of sp³-hybridized carbons (Fsp3) is 0.333. The first-order valence-electron chi connectivity index (χ1n) is 3.36. The maximum Gasteiger partial charge on any atom is 0.333 e. The summed E-state index contributed by atoms with van der Waals surface area (Å²) in [6.45, 7) is 1.69. The third-order valence-corrected chi connectivity index (χ3v) is 1.29. The van der Waals surface area contributed by atoms with E-state index in [2.05, 4.69) is 5.32 Å². The van der Waals surface area contributed by atoms with Crippen LogP contribution < -0.4 is 10.6 Å². The highest BCUT2D eigenvalue weighted by molar-refractivity contribution is 5.96. The number of carbonyl (C=O) groups is 2. The highest BCUT2D eigenvalue weighted by atomic mass is 16.3. The van der Waals surface area contributed by atoms with Crippen LogP contribution in [0.15, 0.2) is 12.3 Å². The van der Waals surface area contributed by atoms with Gasteiger partial charge >= 0.3 is 12.1 Å². The summed E-state index contributed by atoms with van der Waals surface area (Å²) in [6, 6.07) is -1.35. The summed E-state index contributed by atoms with van der Waals surface area (Å²) in [4.78, 5) is 22.5. The first-order valence-corrected chi connectivity index (χ1v) is 3.36. The van der Waals surface area contributed by atoms with E-state index in [0.29, 0.717) is 0 Å². The maximum absolute atomic E-state index is 10.9. The zero-order valence-electron chi connectivity index (χ0n) is 6.44. The number of aliphatic hydroxyl groups excluding tert-OH is 1. The second-order valence-corrected chi connectivity index (χ2v) is 2.17. The van der Waals surface area contributed by atoms with Crippen LogP contribution in [0.5, 0.6) is 0 Å². The number of carbonyl (C=O) groups excluding carboxylic acids is 2. The van der Waals surface area contributed by atoms with Crippen LogP contribution in [0.1, 0.15) is 6.92 Å². The molecule has 0 radical (unpaired) electrons. The monoisotopic (exact) mass is 171 g/mol. The quantitative estimate of drug-likeness (QED) is 0.499. The first kappa shape index (κ1) is 8.54. The summed E-state index contributed by atoms with van der Waals surface area (Å²) in [7, 11) is 0. The summed E-state index contributed by atoms with van der Waals surface area (Å²) in [5.41, 5.74) is 0. The Morgan fingerprint density at radius 2 is 2.25 bits per heavy atom. The van der Waals surface area contributed by atoms with E-state index in [-0.39, 0.29) is 0 Å². The fourth-order valence-electron chi connectivity index (χ4n) is 0.805. The van der Waals surface area contributed by atoms with Crippen LogP contribution in [0.2, 0.25) is 0 Å². The van der Waals surface area contributed by atoms with Crippen molar-refractivity contribution < 1.29 is 14.7 Å². The Hall–Kier alpha value is -1.56. The molecule has 1 heterocycles. The minimum Gasteiger partial charge on any atom is -0.356 e. The van der Waals surface area contributed by atoms with Gasteiger partial charge in [-0.15, -0.1) is 0 Å². The normalized spacial score (nSPS) is 24.2. The van der Waals surface area contributed by atoms with E-state index >= 15 is 0 Å². The molecule has 0 aromatic carbocycles. The average molecular weight is 171 g/mol. The van der Waals surface area contributed by atoms with Crippen LogP contribution in [0, 0.1) is 0 Å². The van der Waals surface area contributed by atoms with Gasteiger partial charge < -0.3 is 5.11 Å². The molecule has 1 aliphatic heterocycles. The smallest absolute Gasteiger partial charge is 0.333 e. The van der Waals surface area contributed by atoms with Gasteiger partial charge in [0, 0.05) is 6.20 Å². The van der Waals surface area contributed by atoms with Crippen molar-refractivity contribution in [2.24, 2.45) is 0 Å². The summed E-state index contributed by atoms with van der Waals surface area (Å²) < 4.78 is 0. The topological polar surface area (TPSA) is 81.7 Å². The predicted molar refractivity (Wildman–Crippen MR) is 39.7 cm³/mol. The van der Waals surface area contributed by atoms with Gasteiger partial charge in [-0.3, -0.25) is 15.5 Å². The van der Waals surface area contributed by atoms with E-state index in [0.717, 1.165) is 4.90 Å². The Bertz CT molecular complexity index is 238. The predicted octanol–water partition coefficient (Wildman–Crippen LogP) is -0.469. The Morgan fingerprint density at radius 3 is 2.75 bits per heavy atom. The number of nitrogens with zero attached hydrogens (tertiary/aromatic N) is 1. The lowest BCUT2D eigenvalue weighted by Crippen LogP contribution is -2.61. The lowest BCUT2D eigenvalue weighted by Gasteiger charge is -2.29. The molecule has 1 saturated heterocycles. The van der Waals surface area contributed by atoms with Gasteiger partial charge in [-0.2, -0.15) is 0 Å². The molecule has 12 heavy (non-hydrogen) atoms. The number of rotatable bonds is 1. The highest BCUT2D eigenvalue weighted by Gasteiger charge is 2.27. The number of amides is 4. The summed E-state index contributed by atoms with van der Waals surface area (Å²) in [6.07, 6.45) is 1.64. The van der Waals surface area contributed by atoms with Crippen molar-refractivity contribution in [1.82, 2.24) is 15.5 Å². The van der Waals surface area contributed by atoms with Gasteiger partial charge in [-0.05, 0) is 6.92 Å². The van der Waals surface area contributed by atoms with Crippen molar-refractivity contribution in [1.29, 1.82) is 0 Å². The van der Waals surface area contributed by atoms with Gasteiger partial charge in [0.25, 0.3) is 0 Å². The maximum atomic E-state index is 10.9. The molecule has 1 rings (SSSR count). The van der Waals surface area contributed by atoms with Crippen molar-refractivity contribution in [2.75, 3.05) is 0 Å². The van der Waals surface area contributed by atoms with Crippen molar-refractivity contribution in [3.05, 3.63) is 12.3 Å². The van der Waals surface area contributed by atoms with Crippen LogP contribution in [0.3, 0.4) is 0 Å². The van der Waals surface area contributed by atoms with Gasteiger partial charge in [-0.25, -0.2) is 9.59 Å². The number of nitrogens with one attached hydrogen (secondary N) is 2. The number of urea groups is 2. The van der Waals surface area contributed by atoms with Crippen molar-refractivity contribution >= 4 is 12.1 Å². The average Bonchev–Trinajstić information content (AvgIpc) is 1.96. The molecule has 66 valence electrons. The fourth-order valence-corrected chi connectivity index (χ4v) is 0.805. The second kappa shape index (κ2) is 3.22. The van der Waals surface area contributed by atoms with Crippen LogP contribution in [-0.2, 0) is 0 Å². The third kappa shape index (κ3) is 1.54. The van der Waals surface area contributed by atoms with Crippen LogP contribution in [-0.4, -0.2) is 28.4 Å². The Balaban J connectivity index is 2.73. The molecule has 3 N–H and O–H groups in total. The minimum absolute atomic E-state index is 0.649. The van der Waals surface area contributed by atoms with Gasteiger partial charge in [0.15, 0.2) is 0 Å². The molecule has 0 aliphatic carbocycles. The largest absolute Gasteiger partial charge is 0.356 e.